The quantitative estimate of drug-likeness (QED) is 0.459. The van der Waals surface area contributed by atoms with Crippen LogP contribution < -0.4 is 4.90 Å². The summed E-state index contributed by atoms with van der Waals surface area (Å²) in [6.07, 6.45) is 10.5. The van der Waals surface area contributed by atoms with Gasteiger partial charge in [0.05, 0.1) is 43.2 Å². The fourth-order valence-corrected chi connectivity index (χ4v) is 5.02. The van der Waals surface area contributed by atoms with Crippen molar-refractivity contribution in [3.8, 4) is 22.6 Å². The van der Waals surface area contributed by atoms with Crippen LogP contribution in [0.2, 0.25) is 0 Å². The Bertz CT molecular complexity index is 1310. The van der Waals surface area contributed by atoms with Crippen LogP contribution in [0.3, 0.4) is 0 Å². The second-order valence-electron chi connectivity index (χ2n) is 9.07. The summed E-state index contributed by atoms with van der Waals surface area (Å²) in [5, 5.41) is 5.65. The van der Waals surface area contributed by atoms with Crippen molar-refractivity contribution in [2.45, 2.75) is 38.5 Å². The average Bonchev–Trinajstić information content (AvgIpc) is 3.53. The Labute approximate surface area is 198 Å². The van der Waals surface area contributed by atoms with Crippen LogP contribution >= 0.6 is 0 Å². The Hall–Kier alpha value is -3.30. The molecule has 6 rings (SSSR count). The van der Waals surface area contributed by atoms with Gasteiger partial charge in [-0.05, 0) is 44.4 Å². The molecule has 0 radical (unpaired) electrons. The highest BCUT2D eigenvalue weighted by atomic mass is 16.5. The smallest absolute Gasteiger partial charge is 0.150 e. The molecule has 2 aliphatic heterocycles. The molecule has 0 aromatic carbocycles. The molecule has 0 amide bonds. The Balaban J connectivity index is 1.57. The molecule has 2 aliphatic rings. The number of hydrogen-bond donors (Lipinski definition) is 0. The van der Waals surface area contributed by atoms with Gasteiger partial charge in [-0.1, -0.05) is 0 Å². The van der Waals surface area contributed by atoms with Gasteiger partial charge in [-0.3, -0.25) is 4.98 Å². The third kappa shape index (κ3) is 3.65. The summed E-state index contributed by atoms with van der Waals surface area (Å²) in [6.45, 7) is 5.11. The minimum atomic E-state index is -0.0743. The zero-order chi connectivity index (χ0) is 23.1. The zero-order valence-corrected chi connectivity index (χ0v) is 19.6. The predicted octanol–water partition coefficient (Wildman–Crippen LogP) is 3.82. The molecule has 4 aromatic rings. The SMILES string of the molecule is CC1COCCN1c1cc(-c2cncn2C)c2ccnc(-c3ccnn3C3CCCCO3)c2n1. The first-order chi connectivity index (χ1) is 16.7. The van der Waals surface area contributed by atoms with Crippen LogP contribution in [0, 0.1) is 0 Å². The molecule has 0 bridgehead atoms. The number of aryl methyl sites for hydroxylation is 1. The van der Waals surface area contributed by atoms with Crippen LogP contribution in [-0.2, 0) is 16.5 Å². The van der Waals surface area contributed by atoms with E-state index in [1.54, 1.807) is 0 Å². The van der Waals surface area contributed by atoms with Crippen molar-refractivity contribution in [2.24, 2.45) is 7.05 Å². The number of aromatic nitrogens is 6. The van der Waals surface area contributed by atoms with Gasteiger partial charge in [0.2, 0.25) is 0 Å². The molecule has 2 saturated heterocycles. The number of anilines is 1. The van der Waals surface area contributed by atoms with E-state index < -0.39 is 0 Å². The topological polar surface area (TPSA) is 83.1 Å². The maximum atomic E-state index is 6.05. The monoisotopic (exact) mass is 459 g/mol. The summed E-state index contributed by atoms with van der Waals surface area (Å²) >= 11 is 0. The van der Waals surface area contributed by atoms with Crippen molar-refractivity contribution in [3.63, 3.8) is 0 Å². The van der Waals surface area contributed by atoms with Crippen molar-refractivity contribution < 1.29 is 9.47 Å². The zero-order valence-electron chi connectivity index (χ0n) is 19.6. The third-order valence-electron chi connectivity index (χ3n) is 6.81. The summed E-state index contributed by atoms with van der Waals surface area (Å²) in [4.78, 5) is 16.7. The number of ether oxygens (including phenoxy) is 2. The minimum absolute atomic E-state index is 0.0743. The molecule has 4 aromatic heterocycles. The van der Waals surface area contributed by atoms with E-state index in [1.165, 1.54) is 0 Å². The molecule has 176 valence electrons. The lowest BCUT2D eigenvalue weighted by Crippen LogP contribution is -2.44. The number of fused-ring (bicyclic) bond motifs is 1. The fourth-order valence-electron chi connectivity index (χ4n) is 5.02. The Morgan fingerprint density at radius 2 is 2.03 bits per heavy atom. The van der Waals surface area contributed by atoms with E-state index in [2.05, 4.69) is 28.0 Å². The van der Waals surface area contributed by atoms with Crippen LogP contribution in [-0.4, -0.2) is 61.7 Å². The van der Waals surface area contributed by atoms with Crippen molar-refractivity contribution in [2.75, 3.05) is 31.3 Å². The molecule has 34 heavy (non-hydrogen) atoms. The highest BCUT2D eigenvalue weighted by Crippen LogP contribution is 2.37. The highest BCUT2D eigenvalue weighted by Gasteiger charge is 2.25. The number of nitrogens with zero attached hydrogens (tertiary/aromatic N) is 7. The number of pyridine rings is 2. The van der Waals surface area contributed by atoms with Gasteiger partial charge in [0.15, 0.2) is 6.23 Å². The second-order valence-corrected chi connectivity index (χ2v) is 9.07. The lowest BCUT2D eigenvalue weighted by molar-refractivity contribution is -0.0383. The molecule has 0 spiro atoms. The molecule has 2 atom stereocenters. The standard InChI is InChI=1S/C25H29N7O2/c1-17-15-33-12-10-31(17)22-13-19(21-14-26-16-30(21)2)18-6-8-27-25(24(18)29-22)20-7-9-28-32(20)23-5-3-4-11-34-23/h6-9,13-14,16-17,23H,3-5,10-12,15H2,1-2H3. The normalized spacial score (nSPS) is 21.3. The van der Waals surface area contributed by atoms with E-state index in [0.717, 1.165) is 71.8 Å². The van der Waals surface area contributed by atoms with E-state index in [-0.39, 0.29) is 12.3 Å². The Morgan fingerprint density at radius 3 is 2.82 bits per heavy atom. The molecule has 9 nitrogen and oxygen atoms in total. The van der Waals surface area contributed by atoms with Crippen LogP contribution in [0.25, 0.3) is 33.5 Å². The van der Waals surface area contributed by atoms with Gasteiger partial charge in [0.1, 0.15) is 17.0 Å². The van der Waals surface area contributed by atoms with E-state index in [1.807, 2.05) is 53.3 Å². The first-order valence-electron chi connectivity index (χ1n) is 12.0. The van der Waals surface area contributed by atoms with Gasteiger partial charge >= 0.3 is 0 Å². The van der Waals surface area contributed by atoms with Crippen molar-refractivity contribution in [1.29, 1.82) is 0 Å². The van der Waals surface area contributed by atoms with E-state index >= 15 is 0 Å². The van der Waals surface area contributed by atoms with Gasteiger partial charge in [-0.2, -0.15) is 5.10 Å². The van der Waals surface area contributed by atoms with Crippen LogP contribution in [0.5, 0.6) is 0 Å². The van der Waals surface area contributed by atoms with Crippen LogP contribution in [0.4, 0.5) is 5.82 Å². The summed E-state index contributed by atoms with van der Waals surface area (Å²) in [5.41, 5.74) is 4.72. The summed E-state index contributed by atoms with van der Waals surface area (Å²) in [5.74, 6) is 0.925. The molecule has 0 N–H and O–H groups in total. The molecule has 0 saturated carbocycles. The minimum Gasteiger partial charge on any atom is -0.377 e. The number of morpholine rings is 1. The van der Waals surface area contributed by atoms with Crippen molar-refractivity contribution in [1.82, 2.24) is 29.3 Å². The fraction of sp³-hybridized carbons (Fsp3) is 0.440. The van der Waals surface area contributed by atoms with Crippen LogP contribution in [0.1, 0.15) is 32.4 Å². The molecule has 2 unspecified atom stereocenters. The number of hydrogen-bond acceptors (Lipinski definition) is 7. The summed E-state index contributed by atoms with van der Waals surface area (Å²) in [7, 11) is 2.02. The first-order valence-corrected chi connectivity index (χ1v) is 12.0. The van der Waals surface area contributed by atoms with Crippen molar-refractivity contribution >= 4 is 16.7 Å². The summed E-state index contributed by atoms with van der Waals surface area (Å²) in [6, 6.07) is 6.46. The lowest BCUT2D eigenvalue weighted by atomic mass is 10.0. The molecule has 2 fully saturated rings. The van der Waals surface area contributed by atoms with E-state index in [9.17, 15) is 0 Å². The second kappa shape index (κ2) is 8.81. The number of imidazole rings is 1. The van der Waals surface area contributed by atoms with Gasteiger partial charge in [0.25, 0.3) is 0 Å². The molecular weight excluding hydrogens is 430 g/mol. The van der Waals surface area contributed by atoms with Gasteiger partial charge in [-0.15, -0.1) is 0 Å². The van der Waals surface area contributed by atoms with Crippen molar-refractivity contribution in [3.05, 3.63) is 43.1 Å². The largest absolute Gasteiger partial charge is 0.377 e. The molecule has 0 aliphatic carbocycles. The van der Waals surface area contributed by atoms with Gasteiger partial charge in [-0.25, -0.2) is 14.6 Å². The van der Waals surface area contributed by atoms with E-state index in [4.69, 9.17) is 19.4 Å². The van der Waals surface area contributed by atoms with Crippen LogP contribution in [0.15, 0.2) is 43.1 Å². The predicted molar refractivity (Wildman–Crippen MR) is 129 cm³/mol. The van der Waals surface area contributed by atoms with E-state index in [0.29, 0.717) is 13.2 Å². The highest BCUT2D eigenvalue weighted by molar-refractivity contribution is 6.01. The molecular formula is C25H29N7O2. The van der Waals surface area contributed by atoms with Gasteiger partial charge < -0.3 is 18.9 Å². The lowest BCUT2D eigenvalue weighted by Gasteiger charge is -2.34. The average molecular weight is 460 g/mol. The maximum absolute atomic E-state index is 6.05. The Kier molecular flexibility index (Phi) is 5.50. The molecule has 6 heterocycles. The maximum Gasteiger partial charge on any atom is 0.150 e. The van der Waals surface area contributed by atoms with Gasteiger partial charge in [0, 0.05) is 43.5 Å². The number of rotatable bonds is 4. The Morgan fingerprint density at radius 1 is 1.09 bits per heavy atom. The summed E-state index contributed by atoms with van der Waals surface area (Å²) < 4.78 is 15.7. The third-order valence-corrected chi connectivity index (χ3v) is 6.81. The first kappa shape index (κ1) is 21.2. The molecule has 9 heteroatoms.